The molecule has 0 saturated heterocycles. The molecule has 0 aliphatic heterocycles. The summed E-state index contributed by atoms with van der Waals surface area (Å²) in [6.07, 6.45) is 1.12. The fraction of sp³-hybridized carbons (Fsp3) is 0.500. The molecule has 1 rings (SSSR count). The van der Waals surface area contributed by atoms with E-state index in [9.17, 15) is 14.4 Å². The lowest BCUT2D eigenvalue weighted by atomic mass is 9.71. The predicted octanol–water partition coefficient (Wildman–Crippen LogP) is 1.09. The number of hydrogen-bond acceptors (Lipinski definition) is 5. The van der Waals surface area contributed by atoms with Crippen molar-refractivity contribution in [2.45, 2.75) is 33.3 Å². The number of urea groups is 1. The van der Waals surface area contributed by atoms with Crippen molar-refractivity contribution in [3.63, 3.8) is 0 Å². The summed E-state index contributed by atoms with van der Waals surface area (Å²) in [4.78, 5) is 34.5. The van der Waals surface area contributed by atoms with Gasteiger partial charge in [-0.2, -0.15) is 0 Å². The summed E-state index contributed by atoms with van der Waals surface area (Å²) in [5.41, 5.74) is 2.36. The first-order valence-electron chi connectivity index (χ1n) is 6.48. The maximum Gasteiger partial charge on any atom is 0.339 e. The topological polar surface area (TPSA) is 105 Å². The van der Waals surface area contributed by atoms with Gasteiger partial charge in [0.2, 0.25) is 0 Å². The van der Waals surface area contributed by atoms with Gasteiger partial charge in [0.05, 0.1) is 0 Å². The molecule has 1 aliphatic carbocycles. The van der Waals surface area contributed by atoms with Crippen LogP contribution in [-0.4, -0.2) is 35.6 Å². The Bertz CT molecular complexity index is 507. The van der Waals surface area contributed by atoms with E-state index in [1.807, 2.05) is 13.8 Å². The van der Waals surface area contributed by atoms with Gasteiger partial charge in [-0.05, 0) is 23.5 Å². The molecule has 7 nitrogen and oxygen atoms in total. The zero-order chi connectivity index (χ0) is 16.2. The smallest absolute Gasteiger partial charge is 0.339 e. The molecule has 0 bridgehead atoms. The molecule has 0 unspecified atom stereocenters. The lowest BCUT2D eigenvalue weighted by Crippen LogP contribution is -2.42. The van der Waals surface area contributed by atoms with Gasteiger partial charge in [-0.25, -0.2) is 10.3 Å². The van der Waals surface area contributed by atoms with Gasteiger partial charge in [0, 0.05) is 6.42 Å². The summed E-state index contributed by atoms with van der Waals surface area (Å²) in [7, 11) is 0. The number of Topliss-reactive ketones (excluding diaryl/α,β-unsaturated/α-hetero) is 1. The van der Waals surface area contributed by atoms with Crippen molar-refractivity contribution in [2.75, 3.05) is 6.54 Å². The Morgan fingerprint density at radius 2 is 2.14 bits per heavy atom. The van der Waals surface area contributed by atoms with Crippen LogP contribution in [0.5, 0.6) is 0 Å². The average molecular weight is 296 g/mol. The van der Waals surface area contributed by atoms with E-state index in [1.54, 1.807) is 13.0 Å². The molecule has 116 valence electrons. The number of ketones is 1. The van der Waals surface area contributed by atoms with Crippen molar-refractivity contribution >= 4 is 17.8 Å². The van der Waals surface area contributed by atoms with Crippen LogP contribution in [0.3, 0.4) is 0 Å². The molecule has 2 amide bonds. The Kier molecular flexibility index (Phi) is 5.26. The molecule has 7 heteroatoms. The van der Waals surface area contributed by atoms with Crippen LogP contribution in [0.1, 0.15) is 27.2 Å². The lowest BCUT2D eigenvalue weighted by Gasteiger charge is -2.36. The second-order valence-electron chi connectivity index (χ2n) is 5.47. The summed E-state index contributed by atoms with van der Waals surface area (Å²) in [5.74, 6) is -1.01. The van der Waals surface area contributed by atoms with Crippen LogP contribution in [0, 0.1) is 5.41 Å². The average Bonchev–Trinajstić information content (AvgIpc) is 2.41. The largest absolute Gasteiger partial charge is 0.453 e. The lowest BCUT2D eigenvalue weighted by molar-refractivity contribution is -0.155. The standard InChI is InChI=1S/C14H20N2O5/c1-5-9-8(2)12(18)10(6-14(9,3)4)21-11(17)7-15-13(19)16-20/h5,10,20H,1,6-7H2,2-4H3,(H2,15,16,19)/t10-/m0/s1. The first-order chi connectivity index (χ1) is 9.72. The van der Waals surface area contributed by atoms with Gasteiger partial charge in [-0.1, -0.05) is 26.5 Å². The number of allylic oxidation sites excluding steroid dienone is 2. The van der Waals surface area contributed by atoms with E-state index >= 15 is 0 Å². The molecule has 0 saturated carbocycles. The Hall–Kier alpha value is -2.15. The third-order valence-corrected chi connectivity index (χ3v) is 3.46. The quantitative estimate of drug-likeness (QED) is 0.409. The molecule has 0 heterocycles. The number of hydrogen-bond donors (Lipinski definition) is 3. The van der Waals surface area contributed by atoms with E-state index in [1.165, 1.54) is 5.48 Å². The number of rotatable bonds is 4. The molecule has 0 aromatic heterocycles. The zero-order valence-electron chi connectivity index (χ0n) is 12.4. The van der Waals surface area contributed by atoms with E-state index in [0.717, 1.165) is 5.57 Å². The van der Waals surface area contributed by atoms with Crippen LogP contribution in [0.2, 0.25) is 0 Å². The zero-order valence-corrected chi connectivity index (χ0v) is 12.4. The number of carbonyl (C=O) groups excluding carboxylic acids is 3. The molecular weight excluding hydrogens is 276 g/mol. The molecule has 0 radical (unpaired) electrons. The van der Waals surface area contributed by atoms with Crippen molar-refractivity contribution < 1.29 is 24.3 Å². The summed E-state index contributed by atoms with van der Waals surface area (Å²) in [5, 5.41) is 10.4. The Morgan fingerprint density at radius 3 is 2.67 bits per heavy atom. The fourth-order valence-corrected chi connectivity index (χ4v) is 2.46. The summed E-state index contributed by atoms with van der Waals surface area (Å²) in [6, 6.07) is -0.924. The molecule has 1 aliphatic rings. The van der Waals surface area contributed by atoms with Gasteiger partial charge < -0.3 is 10.1 Å². The van der Waals surface area contributed by atoms with Crippen LogP contribution in [0.25, 0.3) is 0 Å². The van der Waals surface area contributed by atoms with E-state index < -0.39 is 24.6 Å². The molecule has 0 fully saturated rings. The highest BCUT2D eigenvalue weighted by Crippen LogP contribution is 2.40. The van der Waals surface area contributed by atoms with E-state index in [-0.39, 0.29) is 11.2 Å². The molecule has 1 atom stereocenters. The van der Waals surface area contributed by atoms with Crippen LogP contribution >= 0.6 is 0 Å². The molecule has 0 aromatic rings. The Labute approximate surface area is 123 Å². The summed E-state index contributed by atoms with van der Waals surface area (Å²) in [6.45, 7) is 8.84. The SMILES string of the molecule is C=CC1=C(C)C(=O)[C@@H](OC(=O)CNC(=O)NO)CC1(C)C. The summed E-state index contributed by atoms with van der Waals surface area (Å²) < 4.78 is 5.12. The van der Waals surface area contributed by atoms with Crippen molar-refractivity contribution in [1.82, 2.24) is 10.8 Å². The number of ether oxygens (including phenoxy) is 1. The van der Waals surface area contributed by atoms with Crippen molar-refractivity contribution in [2.24, 2.45) is 5.41 Å². The number of nitrogens with one attached hydrogen (secondary N) is 2. The Morgan fingerprint density at radius 1 is 1.52 bits per heavy atom. The van der Waals surface area contributed by atoms with Gasteiger partial charge in [0.25, 0.3) is 0 Å². The normalized spacial score (nSPS) is 20.8. The third kappa shape index (κ3) is 3.91. The van der Waals surface area contributed by atoms with Crippen molar-refractivity contribution in [3.8, 4) is 0 Å². The monoisotopic (exact) mass is 296 g/mol. The van der Waals surface area contributed by atoms with E-state index in [0.29, 0.717) is 12.0 Å². The second kappa shape index (κ2) is 6.53. The highest BCUT2D eigenvalue weighted by atomic mass is 16.5. The van der Waals surface area contributed by atoms with Crippen molar-refractivity contribution in [3.05, 3.63) is 23.8 Å². The highest BCUT2D eigenvalue weighted by molar-refractivity contribution is 6.01. The maximum atomic E-state index is 12.2. The fourth-order valence-electron chi connectivity index (χ4n) is 2.46. The van der Waals surface area contributed by atoms with Crippen LogP contribution in [0.15, 0.2) is 23.8 Å². The number of carbonyl (C=O) groups is 3. The third-order valence-electron chi connectivity index (χ3n) is 3.46. The number of hydroxylamine groups is 1. The molecule has 0 aromatic carbocycles. The minimum atomic E-state index is -0.924. The maximum absolute atomic E-state index is 12.2. The van der Waals surface area contributed by atoms with E-state index in [4.69, 9.17) is 9.94 Å². The van der Waals surface area contributed by atoms with Gasteiger partial charge in [0.15, 0.2) is 11.9 Å². The first-order valence-corrected chi connectivity index (χ1v) is 6.48. The molecular formula is C14H20N2O5. The number of esters is 1. The molecule has 21 heavy (non-hydrogen) atoms. The number of amides is 2. The minimum absolute atomic E-state index is 0.260. The molecule has 3 N–H and O–H groups in total. The van der Waals surface area contributed by atoms with Gasteiger partial charge in [-0.3, -0.25) is 14.8 Å². The predicted molar refractivity (Wildman–Crippen MR) is 74.5 cm³/mol. The highest BCUT2D eigenvalue weighted by Gasteiger charge is 2.39. The molecule has 0 spiro atoms. The van der Waals surface area contributed by atoms with Crippen LogP contribution < -0.4 is 10.8 Å². The van der Waals surface area contributed by atoms with Gasteiger partial charge in [-0.15, -0.1) is 0 Å². The second-order valence-corrected chi connectivity index (χ2v) is 5.47. The minimum Gasteiger partial charge on any atom is -0.453 e. The van der Waals surface area contributed by atoms with Crippen LogP contribution in [0.4, 0.5) is 4.79 Å². The first kappa shape index (κ1) is 16.9. The van der Waals surface area contributed by atoms with Gasteiger partial charge in [0.1, 0.15) is 6.54 Å². The van der Waals surface area contributed by atoms with Crippen LogP contribution in [-0.2, 0) is 14.3 Å². The van der Waals surface area contributed by atoms with Gasteiger partial charge >= 0.3 is 12.0 Å². The van der Waals surface area contributed by atoms with Crippen molar-refractivity contribution in [1.29, 1.82) is 0 Å². The van der Waals surface area contributed by atoms with E-state index in [2.05, 4.69) is 11.9 Å². The summed E-state index contributed by atoms with van der Waals surface area (Å²) >= 11 is 0. The Balaban J connectivity index is 2.76.